The SMILES string of the molecule is C[C@H]1CN(c2cc(Oc3ccc(Cl)cc3)ncn2)CCN1Cc1cccc(Cl)c1. The Kier molecular flexibility index (Phi) is 6.19. The number of hydrogen-bond acceptors (Lipinski definition) is 5. The average Bonchev–Trinajstić information content (AvgIpc) is 2.71. The minimum absolute atomic E-state index is 0.387. The molecule has 1 aromatic heterocycles. The van der Waals surface area contributed by atoms with E-state index in [4.69, 9.17) is 27.9 Å². The van der Waals surface area contributed by atoms with Gasteiger partial charge in [0.1, 0.15) is 17.9 Å². The summed E-state index contributed by atoms with van der Waals surface area (Å²) in [5, 5.41) is 1.45. The highest BCUT2D eigenvalue weighted by molar-refractivity contribution is 6.30. The largest absolute Gasteiger partial charge is 0.439 e. The van der Waals surface area contributed by atoms with E-state index in [9.17, 15) is 0 Å². The Morgan fingerprint density at radius 3 is 2.59 bits per heavy atom. The van der Waals surface area contributed by atoms with E-state index in [-0.39, 0.29) is 0 Å². The predicted molar refractivity (Wildman–Crippen MR) is 117 cm³/mol. The molecule has 1 fully saturated rings. The van der Waals surface area contributed by atoms with E-state index in [0.717, 1.165) is 37.0 Å². The zero-order chi connectivity index (χ0) is 20.2. The highest BCUT2D eigenvalue weighted by Gasteiger charge is 2.25. The molecule has 0 amide bonds. The van der Waals surface area contributed by atoms with Crippen molar-refractivity contribution in [2.75, 3.05) is 24.5 Å². The molecule has 1 saturated heterocycles. The van der Waals surface area contributed by atoms with Crippen LogP contribution in [0.4, 0.5) is 5.82 Å². The van der Waals surface area contributed by atoms with Crippen molar-refractivity contribution < 1.29 is 4.74 Å². The third kappa shape index (κ3) is 5.18. The number of ether oxygens (including phenoxy) is 1. The molecule has 3 aromatic rings. The van der Waals surface area contributed by atoms with Gasteiger partial charge in [-0.1, -0.05) is 35.3 Å². The van der Waals surface area contributed by atoms with Crippen LogP contribution < -0.4 is 9.64 Å². The molecule has 0 bridgehead atoms. The van der Waals surface area contributed by atoms with Crippen LogP contribution in [0, 0.1) is 0 Å². The Morgan fingerprint density at radius 2 is 1.83 bits per heavy atom. The lowest BCUT2D eigenvalue weighted by Crippen LogP contribution is -2.51. The number of aromatic nitrogens is 2. The van der Waals surface area contributed by atoms with Crippen molar-refractivity contribution >= 4 is 29.0 Å². The van der Waals surface area contributed by atoms with Crippen LogP contribution in [-0.4, -0.2) is 40.5 Å². The second-order valence-corrected chi connectivity index (χ2v) is 8.04. The van der Waals surface area contributed by atoms with Crippen LogP contribution in [0.1, 0.15) is 12.5 Å². The maximum absolute atomic E-state index is 6.12. The van der Waals surface area contributed by atoms with Crippen LogP contribution >= 0.6 is 23.2 Å². The Labute approximate surface area is 180 Å². The van der Waals surface area contributed by atoms with Crippen molar-refractivity contribution in [1.82, 2.24) is 14.9 Å². The summed E-state index contributed by atoms with van der Waals surface area (Å²) in [4.78, 5) is 13.4. The molecule has 29 heavy (non-hydrogen) atoms. The molecule has 2 aromatic carbocycles. The molecule has 1 aliphatic rings. The van der Waals surface area contributed by atoms with Crippen LogP contribution in [0.25, 0.3) is 0 Å². The summed E-state index contributed by atoms with van der Waals surface area (Å²) in [5.74, 6) is 2.09. The van der Waals surface area contributed by atoms with Crippen LogP contribution in [0.3, 0.4) is 0 Å². The molecule has 0 unspecified atom stereocenters. The van der Waals surface area contributed by atoms with Crippen LogP contribution in [0.5, 0.6) is 11.6 Å². The number of halogens is 2. The Hall–Kier alpha value is -2.34. The Balaban J connectivity index is 1.40. The number of hydrogen-bond donors (Lipinski definition) is 0. The van der Waals surface area contributed by atoms with Crippen molar-refractivity contribution in [3.63, 3.8) is 0 Å². The van der Waals surface area contributed by atoms with Crippen molar-refractivity contribution in [2.45, 2.75) is 19.5 Å². The van der Waals surface area contributed by atoms with Gasteiger partial charge in [0.05, 0.1) is 0 Å². The predicted octanol–water partition coefficient (Wildman–Crippen LogP) is 5.29. The molecule has 150 valence electrons. The number of anilines is 1. The fourth-order valence-electron chi connectivity index (χ4n) is 3.49. The third-order valence-electron chi connectivity index (χ3n) is 5.03. The standard InChI is InChI=1S/C22H22Cl2N4O/c1-16-13-28(10-9-27(16)14-17-3-2-4-19(24)11-17)21-12-22(26-15-25-21)29-20-7-5-18(23)6-8-20/h2-8,11-12,15-16H,9-10,13-14H2,1H3/t16-/m0/s1. The molecular weight excluding hydrogens is 407 g/mol. The topological polar surface area (TPSA) is 41.5 Å². The van der Waals surface area contributed by atoms with Crippen molar-refractivity contribution in [1.29, 1.82) is 0 Å². The first-order chi connectivity index (χ1) is 14.1. The van der Waals surface area contributed by atoms with Crippen molar-refractivity contribution in [3.8, 4) is 11.6 Å². The number of benzene rings is 2. The summed E-state index contributed by atoms with van der Waals surface area (Å²) in [6.07, 6.45) is 1.55. The normalized spacial score (nSPS) is 17.3. The fraction of sp³-hybridized carbons (Fsp3) is 0.273. The smallest absolute Gasteiger partial charge is 0.224 e. The van der Waals surface area contributed by atoms with Crippen LogP contribution in [0.15, 0.2) is 60.9 Å². The summed E-state index contributed by atoms with van der Waals surface area (Å²) in [7, 11) is 0. The second-order valence-electron chi connectivity index (χ2n) is 7.17. The van der Waals surface area contributed by atoms with Gasteiger partial charge in [-0.3, -0.25) is 4.90 Å². The number of piperazine rings is 1. The van der Waals surface area contributed by atoms with Gasteiger partial charge in [-0.2, -0.15) is 0 Å². The van der Waals surface area contributed by atoms with Gasteiger partial charge < -0.3 is 9.64 Å². The van der Waals surface area contributed by atoms with Crippen LogP contribution in [-0.2, 0) is 6.54 Å². The zero-order valence-electron chi connectivity index (χ0n) is 16.1. The van der Waals surface area contributed by atoms with E-state index in [1.807, 2.05) is 36.4 Å². The summed E-state index contributed by atoms with van der Waals surface area (Å²) in [6.45, 7) is 5.86. The zero-order valence-corrected chi connectivity index (χ0v) is 17.6. The minimum atomic E-state index is 0.387. The van der Waals surface area contributed by atoms with Gasteiger partial charge in [0.2, 0.25) is 5.88 Å². The maximum Gasteiger partial charge on any atom is 0.224 e. The molecule has 1 atom stereocenters. The Bertz CT molecular complexity index is 967. The van der Waals surface area contributed by atoms with E-state index in [1.165, 1.54) is 5.56 Å². The van der Waals surface area contributed by atoms with E-state index >= 15 is 0 Å². The quantitative estimate of drug-likeness (QED) is 0.552. The lowest BCUT2D eigenvalue weighted by atomic mass is 10.1. The summed E-state index contributed by atoms with van der Waals surface area (Å²) >= 11 is 12.1. The van der Waals surface area contributed by atoms with E-state index < -0.39 is 0 Å². The monoisotopic (exact) mass is 428 g/mol. The first-order valence-electron chi connectivity index (χ1n) is 9.56. The lowest BCUT2D eigenvalue weighted by Gasteiger charge is -2.40. The molecule has 2 heterocycles. The first-order valence-corrected chi connectivity index (χ1v) is 10.3. The highest BCUT2D eigenvalue weighted by Crippen LogP contribution is 2.25. The van der Waals surface area contributed by atoms with E-state index in [2.05, 4.69) is 32.8 Å². The van der Waals surface area contributed by atoms with Gasteiger partial charge in [-0.15, -0.1) is 0 Å². The molecule has 0 radical (unpaired) electrons. The molecule has 1 aliphatic heterocycles. The molecular formula is C22H22Cl2N4O. The van der Waals surface area contributed by atoms with E-state index in [0.29, 0.717) is 22.7 Å². The number of nitrogens with zero attached hydrogens (tertiary/aromatic N) is 4. The lowest BCUT2D eigenvalue weighted by molar-refractivity contribution is 0.180. The molecule has 4 rings (SSSR count). The van der Waals surface area contributed by atoms with Gasteiger partial charge in [-0.05, 0) is 48.9 Å². The molecule has 0 N–H and O–H groups in total. The third-order valence-corrected chi connectivity index (χ3v) is 5.51. The average molecular weight is 429 g/mol. The van der Waals surface area contributed by atoms with E-state index in [1.54, 1.807) is 18.5 Å². The Morgan fingerprint density at radius 1 is 1.00 bits per heavy atom. The van der Waals surface area contributed by atoms with Crippen LogP contribution in [0.2, 0.25) is 10.0 Å². The van der Waals surface area contributed by atoms with Crippen molar-refractivity contribution in [3.05, 3.63) is 76.5 Å². The van der Waals surface area contributed by atoms with Gasteiger partial charge >= 0.3 is 0 Å². The van der Waals surface area contributed by atoms with Gasteiger partial charge in [0, 0.05) is 48.3 Å². The van der Waals surface area contributed by atoms with Crippen molar-refractivity contribution in [2.24, 2.45) is 0 Å². The first kappa shape index (κ1) is 20.0. The molecule has 0 saturated carbocycles. The summed E-state index contributed by atoms with van der Waals surface area (Å²) < 4.78 is 5.84. The number of rotatable bonds is 5. The maximum atomic E-state index is 6.12. The highest BCUT2D eigenvalue weighted by atomic mass is 35.5. The summed E-state index contributed by atoms with van der Waals surface area (Å²) in [5.41, 5.74) is 1.23. The second kappa shape index (κ2) is 8.99. The molecule has 5 nitrogen and oxygen atoms in total. The summed E-state index contributed by atoms with van der Waals surface area (Å²) in [6, 6.07) is 17.6. The fourth-order valence-corrected chi connectivity index (χ4v) is 3.83. The van der Waals surface area contributed by atoms with Gasteiger partial charge in [-0.25, -0.2) is 9.97 Å². The minimum Gasteiger partial charge on any atom is -0.439 e. The molecule has 7 heteroatoms. The van der Waals surface area contributed by atoms with Gasteiger partial charge in [0.25, 0.3) is 0 Å². The van der Waals surface area contributed by atoms with Gasteiger partial charge in [0.15, 0.2) is 0 Å². The molecule has 0 aliphatic carbocycles. The molecule has 0 spiro atoms.